The van der Waals surface area contributed by atoms with Gasteiger partial charge in [0.1, 0.15) is 5.75 Å². The van der Waals surface area contributed by atoms with Crippen molar-refractivity contribution in [3.63, 3.8) is 0 Å². The molecule has 28 heavy (non-hydrogen) atoms. The number of anilines is 1. The highest BCUT2D eigenvalue weighted by molar-refractivity contribution is 9.10. The van der Waals surface area contributed by atoms with E-state index in [1.165, 1.54) is 30.6 Å². The van der Waals surface area contributed by atoms with Crippen LogP contribution in [0.5, 0.6) is 5.75 Å². The molecule has 0 aliphatic heterocycles. The van der Waals surface area contributed by atoms with Gasteiger partial charge in [0.25, 0.3) is 0 Å². The van der Waals surface area contributed by atoms with E-state index in [1.54, 1.807) is 6.21 Å². The summed E-state index contributed by atoms with van der Waals surface area (Å²) in [4.78, 5) is 4.57. The van der Waals surface area contributed by atoms with Crippen LogP contribution < -0.4 is 10.2 Å². The molecule has 0 saturated heterocycles. The monoisotopic (exact) mass is 457 g/mol. The van der Waals surface area contributed by atoms with Gasteiger partial charge in [0.2, 0.25) is 5.13 Å². The average Bonchev–Trinajstić information content (AvgIpc) is 3.18. The Bertz CT molecular complexity index is 876. The van der Waals surface area contributed by atoms with Crippen molar-refractivity contribution in [3.8, 4) is 17.0 Å². The molecular formula is C22H24BrN3OS. The predicted octanol–water partition coefficient (Wildman–Crippen LogP) is 6.98. The number of nitrogens with one attached hydrogen (secondary N) is 1. The van der Waals surface area contributed by atoms with E-state index in [1.807, 2.05) is 53.9 Å². The minimum absolute atomic E-state index is 0.765. The maximum absolute atomic E-state index is 5.76. The minimum atomic E-state index is 0.765. The van der Waals surface area contributed by atoms with Crippen LogP contribution in [0.25, 0.3) is 11.3 Å². The smallest absolute Gasteiger partial charge is 0.203 e. The first kappa shape index (κ1) is 20.6. The van der Waals surface area contributed by atoms with Crippen molar-refractivity contribution >= 4 is 38.6 Å². The van der Waals surface area contributed by atoms with Gasteiger partial charge in [-0.3, -0.25) is 5.43 Å². The highest BCUT2D eigenvalue weighted by Gasteiger charge is 2.03. The van der Waals surface area contributed by atoms with Crippen LogP contribution >= 0.6 is 27.3 Å². The number of ether oxygens (including phenoxy) is 1. The molecule has 4 nitrogen and oxygen atoms in total. The first-order valence-corrected chi connectivity index (χ1v) is 11.2. The second-order valence-corrected chi connectivity index (χ2v) is 8.17. The molecule has 1 aromatic heterocycles. The van der Waals surface area contributed by atoms with Gasteiger partial charge in [-0.05, 0) is 48.4 Å². The van der Waals surface area contributed by atoms with Gasteiger partial charge in [-0.15, -0.1) is 11.3 Å². The number of hydrogen-bond acceptors (Lipinski definition) is 5. The Morgan fingerprint density at radius 3 is 2.61 bits per heavy atom. The van der Waals surface area contributed by atoms with Crippen molar-refractivity contribution in [1.29, 1.82) is 0 Å². The van der Waals surface area contributed by atoms with Crippen LogP contribution in [0.4, 0.5) is 5.13 Å². The third-order valence-corrected chi connectivity index (χ3v) is 5.44. The number of hydrogen-bond donors (Lipinski definition) is 1. The summed E-state index contributed by atoms with van der Waals surface area (Å²) < 4.78 is 6.82. The number of benzene rings is 2. The van der Waals surface area contributed by atoms with Crippen LogP contribution in [-0.4, -0.2) is 17.8 Å². The molecule has 0 amide bonds. The van der Waals surface area contributed by atoms with E-state index in [2.05, 4.69) is 38.4 Å². The fourth-order valence-electron chi connectivity index (χ4n) is 2.61. The van der Waals surface area contributed by atoms with E-state index in [9.17, 15) is 0 Å². The van der Waals surface area contributed by atoms with Crippen LogP contribution in [0.3, 0.4) is 0 Å². The van der Waals surface area contributed by atoms with Gasteiger partial charge in [0.05, 0.1) is 18.5 Å². The van der Waals surface area contributed by atoms with Gasteiger partial charge < -0.3 is 4.74 Å². The van der Waals surface area contributed by atoms with E-state index in [4.69, 9.17) is 4.74 Å². The zero-order valence-corrected chi connectivity index (χ0v) is 18.3. The van der Waals surface area contributed by atoms with Gasteiger partial charge in [-0.1, -0.05) is 54.2 Å². The van der Waals surface area contributed by atoms with Crippen LogP contribution in [-0.2, 0) is 0 Å². The Morgan fingerprint density at radius 1 is 1.07 bits per heavy atom. The third kappa shape index (κ3) is 6.46. The standard InChI is InChI=1S/C22H24BrN3OS/c1-2-3-4-5-14-27-20-12-6-17(7-13-20)15-24-26-22-25-21(16-28-22)18-8-10-19(23)11-9-18/h6-13,15-16H,2-5,14H2,1H3,(H,25,26)/b24-15+. The van der Waals surface area contributed by atoms with E-state index < -0.39 is 0 Å². The van der Waals surface area contributed by atoms with Gasteiger partial charge >= 0.3 is 0 Å². The fraction of sp³-hybridized carbons (Fsp3) is 0.273. The summed E-state index contributed by atoms with van der Waals surface area (Å²) in [5, 5.41) is 7.07. The summed E-state index contributed by atoms with van der Waals surface area (Å²) in [6.07, 6.45) is 6.64. The van der Waals surface area contributed by atoms with Crippen LogP contribution in [0.2, 0.25) is 0 Å². The highest BCUT2D eigenvalue weighted by atomic mass is 79.9. The molecule has 0 saturated carbocycles. The molecule has 146 valence electrons. The molecular weight excluding hydrogens is 434 g/mol. The Morgan fingerprint density at radius 2 is 1.86 bits per heavy atom. The van der Waals surface area contributed by atoms with Crippen LogP contribution in [0, 0.1) is 0 Å². The van der Waals surface area contributed by atoms with Crippen molar-refractivity contribution in [2.24, 2.45) is 5.10 Å². The summed E-state index contributed by atoms with van der Waals surface area (Å²) in [6, 6.07) is 16.1. The van der Waals surface area contributed by atoms with Crippen molar-refractivity contribution < 1.29 is 4.74 Å². The molecule has 0 spiro atoms. The molecule has 6 heteroatoms. The molecule has 0 fully saturated rings. The minimum Gasteiger partial charge on any atom is -0.494 e. The maximum atomic E-state index is 5.76. The molecule has 3 aromatic rings. The van der Waals surface area contributed by atoms with Gasteiger partial charge in [0.15, 0.2) is 0 Å². The molecule has 0 aliphatic carbocycles. The zero-order valence-electron chi connectivity index (χ0n) is 15.9. The van der Waals surface area contributed by atoms with Crippen LogP contribution in [0.1, 0.15) is 38.2 Å². The van der Waals surface area contributed by atoms with Gasteiger partial charge in [-0.25, -0.2) is 4.98 Å². The van der Waals surface area contributed by atoms with Crippen molar-refractivity contribution in [2.45, 2.75) is 32.6 Å². The first-order chi connectivity index (χ1) is 13.7. The van der Waals surface area contributed by atoms with Gasteiger partial charge in [0, 0.05) is 15.4 Å². The first-order valence-electron chi connectivity index (χ1n) is 9.48. The number of thiazole rings is 1. The normalized spacial score (nSPS) is 11.1. The molecule has 1 N–H and O–H groups in total. The number of nitrogens with zero attached hydrogens (tertiary/aromatic N) is 2. The molecule has 3 rings (SSSR count). The second-order valence-electron chi connectivity index (χ2n) is 6.39. The highest BCUT2D eigenvalue weighted by Crippen LogP contribution is 2.26. The molecule has 0 aliphatic rings. The maximum Gasteiger partial charge on any atom is 0.203 e. The number of aromatic nitrogens is 1. The summed E-state index contributed by atoms with van der Waals surface area (Å²) in [7, 11) is 0. The Kier molecular flexibility index (Phi) is 8.06. The molecule has 0 atom stereocenters. The van der Waals surface area contributed by atoms with Crippen molar-refractivity contribution in [3.05, 3.63) is 63.9 Å². The van der Waals surface area contributed by atoms with E-state index >= 15 is 0 Å². The number of unbranched alkanes of at least 4 members (excludes halogenated alkanes) is 3. The molecule has 0 radical (unpaired) electrons. The lowest BCUT2D eigenvalue weighted by Crippen LogP contribution is -1.97. The third-order valence-electron chi connectivity index (χ3n) is 4.16. The zero-order chi connectivity index (χ0) is 19.6. The second kappa shape index (κ2) is 11.0. The number of hydrazone groups is 1. The lowest BCUT2D eigenvalue weighted by Gasteiger charge is -2.05. The number of rotatable bonds is 10. The Balaban J connectivity index is 1.47. The Labute approximate surface area is 178 Å². The van der Waals surface area contributed by atoms with E-state index in [0.717, 1.165) is 45.2 Å². The van der Waals surface area contributed by atoms with Gasteiger partial charge in [-0.2, -0.15) is 5.10 Å². The average molecular weight is 458 g/mol. The van der Waals surface area contributed by atoms with E-state index in [-0.39, 0.29) is 0 Å². The summed E-state index contributed by atoms with van der Waals surface area (Å²) in [5.74, 6) is 0.903. The predicted molar refractivity (Wildman–Crippen MR) is 123 cm³/mol. The summed E-state index contributed by atoms with van der Waals surface area (Å²) >= 11 is 4.98. The number of halogens is 1. The van der Waals surface area contributed by atoms with Crippen LogP contribution in [0.15, 0.2) is 63.5 Å². The van der Waals surface area contributed by atoms with Crippen molar-refractivity contribution in [1.82, 2.24) is 4.98 Å². The molecule has 0 unspecified atom stereocenters. The summed E-state index contributed by atoms with van der Waals surface area (Å²) in [6.45, 7) is 2.99. The van der Waals surface area contributed by atoms with E-state index in [0.29, 0.717) is 0 Å². The molecule has 2 aromatic carbocycles. The Hall–Kier alpha value is -2.18. The quantitative estimate of drug-likeness (QED) is 0.203. The largest absolute Gasteiger partial charge is 0.494 e. The summed E-state index contributed by atoms with van der Waals surface area (Å²) in [5.41, 5.74) is 6.03. The lowest BCUT2D eigenvalue weighted by molar-refractivity contribution is 0.305. The lowest BCUT2D eigenvalue weighted by atomic mass is 10.2. The fourth-order valence-corrected chi connectivity index (χ4v) is 3.54. The topological polar surface area (TPSA) is 46.5 Å². The molecule has 0 bridgehead atoms. The van der Waals surface area contributed by atoms with Crippen molar-refractivity contribution in [2.75, 3.05) is 12.0 Å². The molecule has 1 heterocycles. The SMILES string of the molecule is CCCCCCOc1ccc(/C=N/Nc2nc(-c3ccc(Br)cc3)cs2)cc1.